The first kappa shape index (κ1) is 22.3. The Morgan fingerprint density at radius 2 is 1.70 bits per heavy atom. The third kappa shape index (κ3) is 4.37. The van der Waals surface area contributed by atoms with Crippen LogP contribution in [0.2, 0.25) is 0 Å². The number of amides is 3. The number of hydrogen-bond donors (Lipinski definition) is 2. The number of hydrogen-bond acceptors (Lipinski definition) is 8. The van der Waals surface area contributed by atoms with E-state index in [1.54, 1.807) is 12.1 Å². The summed E-state index contributed by atoms with van der Waals surface area (Å²) in [4.78, 5) is 40.7. The number of hydroxylamine groups is 3. The lowest BCUT2D eigenvalue weighted by Crippen LogP contribution is -2.54. The molecular weight excluding hydrogens is 392 g/mol. The predicted molar refractivity (Wildman–Crippen MR) is 107 cm³/mol. The van der Waals surface area contributed by atoms with E-state index in [1.807, 2.05) is 13.8 Å². The smallest absolute Gasteiger partial charge is 0.369 e. The highest BCUT2D eigenvalue weighted by molar-refractivity contribution is 6.14. The molecule has 3 N–H and O–H groups in total. The molecule has 0 aliphatic carbocycles. The van der Waals surface area contributed by atoms with E-state index >= 15 is 0 Å². The Hall–Kier alpha value is -2.37. The Balaban J connectivity index is 1.67. The first-order valence-electron chi connectivity index (χ1n) is 10.1. The molecule has 2 aliphatic heterocycles. The fourth-order valence-electron chi connectivity index (χ4n) is 3.88. The second-order valence-electron chi connectivity index (χ2n) is 7.36. The van der Waals surface area contributed by atoms with E-state index in [0.29, 0.717) is 19.8 Å². The molecule has 10 heteroatoms. The number of anilines is 1. The van der Waals surface area contributed by atoms with Crippen LogP contribution >= 0.6 is 0 Å². The number of quaternary nitrogens is 1. The Morgan fingerprint density at radius 1 is 1.10 bits per heavy atom. The first-order valence-corrected chi connectivity index (χ1v) is 10.1. The number of nitrogens with zero attached hydrogens (tertiary/aromatic N) is 3. The van der Waals surface area contributed by atoms with Gasteiger partial charge in [0.2, 0.25) is 6.54 Å². The highest BCUT2D eigenvalue weighted by Crippen LogP contribution is 2.31. The van der Waals surface area contributed by atoms with E-state index in [2.05, 4.69) is 9.80 Å². The van der Waals surface area contributed by atoms with Gasteiger partial charge in [0.05, 0.1) is 0 Å². The van der Waals surface area contributed by atoms with Crippen molar-refractivity contribution in [2.24, 2.45) is 5.73 Å². The van der Waals surface area contributed by atoms with Crippen molar-refractivity contribution in [3.05, 3.63) is 29.3 Å². The lowest BCUT2D eigenvalue weighted by Gasteiger charge is -2.37. The topological polar surface area (TPSA) is 122 Å². The lowest BCUT2D eigenvalue weighted by atomic mass is 10.1. The molecule has 10 nitrogen and oxygen atoms in total. The van der Waals surface area contributed by atoms with Crippen molar-refractivity contribution in [2.75, 3.05) is 57.4 Å². The van der Waals surface area contributed by atoms with Crippen molar-refractivity contribution in [1.82, 2.24) is 4.90 Å². The Bertz CT molecular complexity index is 818. The first-order chi connectivity index (χ1) is 14.3. The molecule has 3 rings (SSSR count). The summed E-state index contributed by atoms with van der Waals surface area (Å²) in [7, 11) is 0. The standard InChI is InChI=1S/C20H28N4O6/c1-3-29-18(30-4-2)12-22-7-9-23(10-8-22)14-5-6-15-16(11-14)20(27)24(28,19(15)26)13-17(21)25/h5-6,11,18,28H,3-4,7-10,12-13H2,1-2H3,(H-,21,25)/p+1. The summed E-state index contributed by atoms with van der Waals surface area (Å²) in [5.74, 6) is -2.59. The summed E-state index contributed by atoms with van der Waals surface area (Å²) in [6, 6.07) is 4.88. The van der Waals surface area contributed by atoms with Crippen molar-refractivity contribution in [1.29, 1.82) is 0 Å². The molecule has 30 heavy (non-hydrogen) atoms. The molecule has 1 fully saturated rings. The van der Waals surface area contributed by atoms with Crippen molar-refractivity contribution >= 4 is 23.4 Å². The van der Waals surface area contributed by atoms with Crippen molar-refractivity contribution in [3.63, 3.8) is 0 Å². The monoisotopic (exact) mass is 421 g/mol. The molecule has 0 radical (unpaired) electrons. The maximum absolute atomic E-state index is 12.6. The van der Waals surface area contributed by atoms with Crippen molar-refractivity contribution < 1.29 is 33.7 Å². The van der Waals surface area contributed by atoms with Crippen LogP contribution in [0.5, 0.6) is 0 Å². The van der Waals surface area contributed by atoms with Gasteiger partial charge in [-0.2, -0.15) is 5.21 Å². The SMILES string of the molecule is CCOC(CN1CCN(c2ccc3c(c2)C(=O)[N+](O)(CC(N)=O)C3=O)CC1)OCC. The molecular formula is C20H29N4O6+. The molecule has 1 aromatic carbocycles. The Labute approximate surface area is 175 Å². The van der Waals surface area contributed by atoms with Gasteiger partial charge in [-0.3, -0.25) is 9.69 Å². The molecule has 164 valence electrons. The highest BCUT2D eigenvalue weighted by Gasteiger charge is 2.55. The number of piperazine rings is 1. The number of benzene rings is 1. The minimum atomic E-state index is -1.63. The van der Waals surface area contributed by atoms with E-state index in [-0.39, 0.29) is 17.4 Å². The second-order valence-corrected chi connectivity index (χ2v) is 7.36. The predicted octanol–water partition coefficient (Wildman–Crippen LogP) is 0.193. The highest BCUT2D eigenvalue weighted by atomic mass is 16.7. The van der Waals surface area contributed by atoms with Gasteiger partial charge in [0.1, 0.15) is 11.1 Å². The Kier molecular flexibility index (Phi) is 6.84. The number of nitrogens with two attached hydrogens (primary N) is 1. The van der Waals surface area contributed by atoms with E-state index in [4.69, 9.17) is 15.2 Å². The number of imide groups is 1. The fraction of sp³-hybridized carbons (Fsp3) is 0.550. The molecule has 1 atom stereocenters. The summed E-state index contributed by atoms with van der Waals surface area (Å²) in [5, 5.41) is 10.4. The number of carbonyl (C=O) groups is 3. The molecule has 0 saturated carbocycles. The van der Waals surface area contributed by atoms with Gasteiger partial charge in [0, 0.05) is 51.6 Å². The minimum absolute atomic E-state index is 0.0995. The van der Waals surface area contributed by atoms with Crippen LogP contribution in [0.4, 0.5) is 5.69 Å². The third-order valence-electron chi connectivity index (χ3n) is 5.37. The van der Waals surface area contributed by atoms with Gasteiger partial charge in [0.15, 0.2) is 6.29 Å². The molecule has 0 aromatic heterocycles. The number of ether oxygens (including phenoxy) is 2. The molecule has 2 heterocycles. The largest absolute Gasteiger partial charge is 0.387 e. The van der Waals surface area contributed by atoms with Gasteiger partial charge in [-0.05, 0) is 36.7 Å². The summed E-state index contributed by atoms with van der Waals surface area (Å²) in [6.07, 6.45) is -0.254. The van der Waals surface area contributed by atoms with Gasteiger partial charge in [-0.25, -0.2) is 9.59 Å². The number of carbonyl (C=O) groups excluding carboxylic acids is 3. The number of primary amides is 1. The van der Waals surface area contributed by atoms with Gasteiger partial charge < -0.3 is 20.1 Å². The van der Waals surface area contributed by atoms with Crippen LogP contribution in [0, 0.1) is 0 Å². The van der Waals surface area contributed by atoms with Crippen LogP contribution in [0.3, 0.4) is 0 Å². The zero-order chi connectivity index (χ0) is 21.9. The fourth-order valence-corrected chi connectivity index (χ4v) is 3.88. The van der Waals surface area contributed by atoms with Crippen LogP contribution < -0.4 is 10.6 Å². The van der Waals surface area contributed by atoms with Crippen molar-refractivity contribution in [3.8, 4) is 0 Å². The molecule has 1 unspecified atom stereocenters. The summed E-state index contributed by atoms with van der Waals surface area (Å²) in [6.45, 7) is 8.01. The zero-order valence-electron chi connectivity index (χ0n) is 17.4. The van der Waals surface area contributed by atoms with E-state index in [1.165, 1.54) is 6.07 Å². The summed E-state index contributed by atoms with van der Waals surface area (Å²) >= 11 is 0. The maximum atomic E-state index is 12.6. The second kappa shape index (κ2) is 9.19. The normalized spacial score (nSPS) is 22.1. The lowest BCUT2D eigenvalue weighted by molar-refractivity contribution is -0.958. The summed E-state index contributed by atoms with van der Waals surface area (Å²) in [5.41, 5.74) is 6.09. The third-order valence-corrected chi connectivity index (χ3v) is 5.37. The van der Waals surface area contributed by atoms with Crippen LogP contribution in [0.15, 0.2) is 18.2 Å². The van der Waals surface area contributed by atoms with Gasteiger partial charge in [-0.15, -0.1) is 0 Å². The summed E-state index contributed by atoms with van der Waals surface area (Å²) < 4.78 is 9.59. The minimum Gasteiger partial charge on any atom is -0.369 e. The quantitative estimate of drug-likeness (QED) is 0.251. The Morgan fingerprint density at radius 3 is 2.27 bits per heavy atom. The molecule has 3 amide bonds. The average Bonchev–Trinajstić information content (AvgIpc) is 2.89. The molecule has 1 saturated heterocycles. The van der Waals surface area contributed by atoms with E-state index in [0.717, 1.165) is 31.9 Å². The van der Waals surface area contributed by atoms with Crippen molar-refractivity contribution in [2.45, 2.75) is 20.1 Å². The van der Waals surface area contributed by atoms with E-state index in [9.17, 15) is 19.6 Å². The average molecular weight is 421 g/mol. The number of rotatable bonds is 9. The van der Waals surface area contributed by atoms with Crippen LogP contribution in [-0.4, -0.2) is 91.2 Å². The zero-order valence-corrected chi connectivity index (χ0v) is 17.4. The molecule has 1 aromatic rings. The number of fused-ring (bicyclic) bond motifs is 1. The van der Waals surface area contributed by atoms with Gasteiger partial charge in [0.25, 0.3) is 5.91 Å². The maximum Gasteiger partial charge on any atom is 0.387 e. The van der Waals surface area contributed by atoms with Crippen LogP contribution in [0.25, 0.3) is 0 Å². The van der Waals surface area contributed by atoms with E-state index < -0.39 is 28.9 Å². The molecule has 0 spiro atoms. The van der Waals surface area contributed by atoms with Gasteiger partial charge in [-0.1, -0.05) is 0 Å². The van der Waals surface area contributed by atoms with Crippen LogP contribution in [0.1, 0.15) is 34.6 Å². The molecule has 0 bridgehead atoms. The van der Waals surface area contributed by atoms with Crippen LogP contribution in [-0.2, 0) is 14.3 Å². The molecule has 2 aliphatic rings. The van der Waals surface area contributed by atoms with Gasteiger partial charge >= 0.3 is 11.8 Å².